The number of carbonyl (C=O) groups excluding carboxylic acids is 1. The van der Waals surface area contributed by atoms with E-state index >= 15 is 0 Å². The fourth-order valence-electron chi connectivity index (χ4n) is 4.60. The molecular weight excluding hydrogens is 424 g/mol. The molecule has 0 bridgehead atoms. The molecule has 0 unspecified atom stereocenters. The van der Waals surface area contributed by atoms with Crippen molar-refractivity contribution in [2.75, 3.05) is 32.5 Å². The van der Waals surface area contributed by atoms with E-state index in [0.717, 1.165) is 59.5 Å². The minimum absolute atomic E-state index is 0.221. The summed E-state index contributed by atoms with van der Waals surface area (Å²) in [5.41, 5.74) is 6.37. The van der Waals surface area contributed by atoms with Crippen LogP contribution in [0.2, 0.25) is 0 Å². The topological polar surface area (TPSA) is 77.1 Å². The summed E-state index contributed by atoms with van der Waals surface area (Å²) in [6.45, 7) is 4.02. The Morgan fingerprint density at radius 1 is 1.03 bits per heavy atom. The maximum absolute atomic E-state index is 13.1. The number of hydrogen-bond donors (Lipinski definition) is 2. The Bertz CT molecular complexity index is 1310. The summed E-state index contributed by atoms with van der Waals surface area (Å²) in [5.74, 6) is -0.221. The van der Waals surface area contributed by atoms with E-state index in [-0.39, 0.29) is 5.91 Å². The molecule has 7 heteroatoms. The van der Waals surface area contributed by atoms with Crippen LogP contribution in [-0.4, -0.2) is 58.1 Å². The summed E-state index contributed by atoms with van der Waals surface area (Å²) in [7, 11) is 4.08. The molecule has 2 aromatic carbocycles. The van der Waals surface area contributed by atoms with Gasteiger partial charge in [0.25, 0.3) is 5.91 Å². The summed E-state index contributed by atoms with van der Waals surface area (Å²) in [6, 6.07) is 16.2. The monoisotopic (exact) mass is 454 g/mol. The smallest absolute Gasteiger partial charge is 0.276 e. The van der Waals surface area contributed by atoms with Crippen molar-refractivity contribution in [3.63, 3.8) is 0 Å². The van der Waals surface area contributed by atoms with E-state index in [2.05, 4.69) is 48.5 Å². The van der Waals surface area contributed by atoms with Crippen LogP contribution in [0.5, 0.6) is 0 Å². The van der Waals surface area contributed by atoms with Crippen LogP contribution in [0.25, 0.3) is 22.0 Å². The van der Waals surface area contributed by atoms with Crippen LogP contribution in [0, 0.1) is 0 Å². The van der Waals surface area contributed by atoms with Crippen LogP contribution in [0.15, 0.2) is 60.9 Å². The molecule has 0 atom stereocenters. The largest absolute Gasteiger partial charge is 0.321 e. The highest BCUT2D eigenvalue weighted by Crippen LogP contribution is 2.26. The Morgan fingerprint density at radius 2 is 1.88 bits per heavy atom. The van der Waals surface area contributed by atoms with Gasteiger partial charge in [0.2, 0.25) is 0 Å². The highest BCUT2D eigenvalue weighted by molar-refractivity contribution is 6.11. The van der Waals surface area contributed by atoms with Gasteiger partial charge in [-0.1, -0.05) is 18.2 Å². The first kappa shape index (κ1) is 22.3. The Balaban J connectivity index is 1.37. The lowest BCUT2D eigenvalue weighted by Crippen LogP contribution is -2.18. The summed E-state index contributed by atoms with van der Waals surface area (Å²) >= 11 is 0. The van der Waals surface area contributed by atoms with Gasteiger partial charge in [0.1, 0.15) is 0 Å². The quantitative estimate of drug-likeness (QED) is 0.429. The van der Waals surface area contributed by atoms with E-state index in [1.807, 2.05) is 56.8 Å². The van der Waals surface area contributed by atoms with Crippen molar-refractivity contribution in [2.24, 2.45) is 0 Å². The first-order valence-corrected chi connectivity index (χ1v) is 11.7. The normalized spacial score (nSPS) is 14.2. The van der Waals surface area contributed by atoms with Crippen LogP contribution in [0.3, 0.4) is 0 Å². The van der Waals surface area contributed by atoms with Crippen LogP contribution >= 0.6 is 0 Å². The minimum Gasteiger partial charge on any atom is -0.321 e. The van der Waals surface area contributed by atoms with Crippen molar-refractivity contribution in [3.8, 4) is 11.1 Å². The van der Waals surface area contributed by atoms with Crippen LogP contribution < -0.4 is 5.32 Å². The van der Waals surface area contributed by atoms with Crippen molar-refractivity contribution in [3.05, 3.63) is 77.7 Å². The molecule has 1 saturated heterocycles. The van der Waals surface area contributed by atoms with E-state index in [4.69, 9.17) is 0 Å². The molecule has 0 aliphatic carbocycles. The molecule has 2 aromatic heterocycles. The number of aromatic amines is 1. The highest BCUT2D eigenvalue weighted by atomic mass is 16.1. The number of nitrogens with zero attached hydrogens (tertiary/aromatic N) is 4. The number of amides is 1. The third kappa shape index (κ3) is 5.00. The number of hydrogen-bond acceptors (Lipinski definition) is 5. The predicted molar refractivity (Wildman–Crippen MR) is 136 cm³/mol. The number of pyridine rings is 1. The zero-order valence-corrected chi connectivity index (χ0v) is 19.7. The van der Waals surface area contributed by atoms with E-state index in [0.29, 0.717) is 5.69 Å². The van der Waals surface area contributed by atoms with Crippen molar-refractivity contribution in [1.82, 2.24) is 25.0 Å². The number of carbonyl (C=O) groups is 1. The number of anilines is 1. The molecule has 34 heavy (non-hydrogen) atoms. The van der Waals surface area contributed by atoms with Gasteiger partial charge in [-0.3, -0.25) is 19.8 Å². The lowest BCUT2D eigenvalue weighted by molar-refractivity contribution is 0.102. The second-order valence-corrected chi connectivity index (χ2v) is 9.29. The molecule has 1 amide bonds. The van der Waals surface area contributed by atoms with E-state index < -0.39 is 0 Å². The Hall–Kier alpha value is -3.55. The van der Waals surface area contributed by atoms with Gasteiger partial charge in [-0.15, -0.1) is 0 Å². The van der Waals surface area contributed by atoms with Crippen LogP contribution in [-0.2, 0) is 13.1 Å². The third-order valence-corrected chi connectivity index (χ3v) is 6.19. The average molecular weight is 455 g/mol. The molecule has 1 aliphatic rings. The highest BCUT2D eigenvalue weighted by Gasteiger charge is 2.16. The number of fused-ring (bicyclic) bond motifs is 1. The Labute approximate surface area is 199 Å². The number of aromatic nitrogens is 3. The van der Waals surface area contributed by atoms with Crippen molar-refractivity contribution in [2.45, 2.75) is 25.9 Å². The minimum atomic E-state index is -0.221. The summed E-state index contributed by atoms with van der Waals surface area (Å²) in [4.78, 5) is 22.1. The molecule has 2 N–H and O–H groups in total. The molecule has 7 nitrogen and oxygen atoms in total. The maximum atomic E-state index is 13.1. The summed E-state index contributed by atoms with van der Waals surface area (Å²) in [6.07, 6.45) is 6.27. The average Bonchev–Trinajstić information content (AvgIpc) is 3.48. The maximum Gasteiger partial charge on any atom is 0.276 e. The number of nitrogens with one attached hydrogen (secondary N) is 2. The summed E-state index contributed by atoms with van der Waals surface area (Å²) < 4.78 is 0. The van der Waals surface area contributed by atoms with Gasteiger partial charge in [-0.2, -0.15) is 5.10 Å². The van der Waals surface area contributed by atoms with Gasteiger partial charge in [0.15, 0.2) is 5.69 Å². The molecule has 0 radical (unpaired) electrons. The van der Waals surface area contributed by atoms with Gasteiger partial charge >= 0.3 is 0 Å². The van der Waals surface area contributed by atoms with Crippen molar-refractivity contribution in [1.29, 1.82) is 0 Å². The first-order chi connectivity index (χ1) is 16.5. The number of H-pyrrole nitrogens is 1. The van der Waals surface area contributed by atoms with Crippen LogP contribution in [0.4, 0.5) is 5.69 Å². The van der Waals surface area contributed by atoms with Gasteiger partial charge in [-0.25, -0.2) is 0 Å². The van der Waals surface area contributed by atoms with Crippen LogP contribution in [0.1, 0.15) is 34.5 Å². The zero-order valence-electron chi connectivity index (χ0n) is 19.7. The van der Waals surface area contributed by atoms with Crippen molar-refractivity contribution < 1.29 is 4.79 Å². The molecule has 0 saturated carbocycles. The fourth-order valence-corrected chi connectivity index (χ4v) is 4.60. The summed E-state index contributed by atoms with van der Waals surface area (Å²) in [5, 5.41) is 11.1. The fraction of sp³-hybridized carbons (Fsp3) is 0.296. The lowest BCUT2D eigenvalue weighted by Gasteiger charge is -2.15. The second-order valence-electron chi connectivity index (χ2n) is 9.29. The first-order valence-electron chi connectivity index (χ1n) is 11.7. The molecule has 0 spiro atoms. The molecule has 5 rings (SSSR count). The van der Waals surface area contributed by atoms with E-state index in [9.17, 15) is 4.79 Å². The molecule has 174 valence electrons. The SMILES string of the molecule is CN(C)Cc1cncc(-c2ccc3[nH]nc(C(=O)Nc4cccc(CN5CCCC5)c4)c3c2)c1. The Morgan fingerprint density at radius 3 is 2.71 bits per heavy atom. The van der Waals surface area contributed by atoms with E-state index in [1.165, 1.54) is 18.4 Å². The van der Waals surface area contributed by atoms with Crippen molar-refractivity contribution >= 4 is 22.5 Å². The second kappa shape index (κ2) is 9.75. The number of likely N-dealkylation sites (tertiary alicyclic amines) is 1. The van der Waals surface area contributed by atoms with Gasteiger partial charge in [0, 0.05) is 42.1 Å². The standard InChI is InChI=1S/C27H30N6O/c1-32(2)17-20-12-22(16-28-15-20)21-8-9-25-24(14-21)26(31-30-25)27(34)29-23-7-5-6-19(13-23)18-33-10-3-4-11-33/h5-9,12-16H,3-4,10-11,17-18H2,1-2H3,(H,29,34)(H,30,31). The molecule has 1 fully saturated rings. The number of rotatable bonds is 7. The molecule has 1 aliphatic heterocycles. The molecular formula is C27H30N6O. The van der Waals surface area contributed by atoms with Gasteiger partial charge in [0.05, 0.1) is 5.52 Å². The van der Waals surface area contributed by atoms with Gasteiger partial charge in [-0.05, 0) is 87.0 Å². The molecule has 3 heterocycles. The van der Waals surface area contributed by atoms with E-state index in [1.54, 1.807) is 0 Å². The Kier molecular flexibility index (Phi) is 6.38. The number of benzene rings is 2. The molecule has 4 aromatic rings. The van der Waals surface area contributed by atoms with Gasteiger partial charge < -0.3 is 10.2 Å². The zero-order chi connectivity index (χ0) is 23.5. The lowest BCUT2D eigenvalue weighted by atomic mass is 10.0. The predicted octanol–water partition coefficient (Wildman–Crippen LogP) is 4.53. The third-order valence-electron chi connectivity index (χ3n) is 6.19.